The summed E-state index contributed by atoms with van der Waals surface area (Å²) < 4.78 is 26.2. The molecule has 0 saturated carbocycles. The predicted octanol–water partition coefficient (Wildman–Crippen LogP) is 2.91. The van der Waals surface area contributed by atoms with E-state index < -0.39 is 10.0 Å². The number of alkyl halides is 1. The van der Waals surface area contributed by atoms with Gasteiger partial charge in [-0.15, -0.1) is 0 Å². The van der Waals surface area contributed by atoms with Crippen molar-refractivity contribution in [3.8, 4) is 0 Å². The summed E-state index contributed by atoms with van der Waals surface area (Å²) in [5, 5.41) is 0.918. The lowest BCUT2D eigenvalue weighted by Gasteiger charge is -2.19. The van der Waals surface area contributed by atoms with E-state index in [0.717, 1.165) is 18.2 Å². The Morgan fingerprint density at radius 3 is 2.31 bits per heavy atom. The summed E-state index contributed by atoms with van der Waals surface area (Å²) in [5.41, 5.74) is 0.0633. The SMILES string of the molecule is CC(CCCBr)NS(=O)(=O)CCC(C)(C)C. The average Bonchev–Trinajstić information content (AvgIpc) is 2.10. The summed E-state index contributed by atoms with van der Waals surface area (Å²) in [7, 11) is -3.11. The fraction of sp³-hybridized carbons (Fsp3) is 1.00. The highest BCUT2D eigenvalue weighted by Gasteiger charge is 2.18. The van der Waals surface area contributed by atoms with Crippen molar-refractivity contribution in [1.29, 1.82) is 0 Å². The van der Waals surface area contributed by atoms with Gasteiger partial charge in [-0.05, 0) is 31.6 Å². The molecule has 0 heterocycles. The van der Waals surface area contributed by atoms with Crippen LogP contribution in [0.3, 0.4) is 0 Å². The molecule has 1 N–H and O–H groups in total. The van der Waals surface area contributed by atoms with Gasteiger partial charge in [0.2, 0.25) is 10.0 Å². The van der Waals surface area contributed by atoms with Crippen molar-refractivity contribution in [2.24, 2.45) is 5.41 Å². The summed E-state index contributed by atoms with van der Waals surface area (Å²) in [6.45, 7) is 8.07. The van der Waals surface area contributed by atoms with E-state index in [0.29, 0.717) is 6.42 Å². The lowest BCUT2D eigenvalue weighted by Crippen LogP contribution is -2.35. The fourth-order valence-electron chi connectivity index (χ4n) is 1.25. The lowest BCUT2D eigenvalue weighted by molar-refractivity contribution is 0.395. The van der Waals surface area contributed by atoms with Crippen LogP contribution in [0.1, 0.15) is 47.0 Å². The number of sulfonamides is 1. The first-order chi connectivity index (χ1) is 7.16. The summed E-state index contributed by atoms with van der Waals surface area (Å²) in [5.74, 6) is 0.217. The standard InChI is InChI=1S/C11H24BrNO2S/c1-10(6-5-8-12)13-16(14,15)9-7-11(2,3)4/h10,13H,5-9H2,1-4H3. The van der Waals surface area contributed by atoms with Gasteiger partial charge in [-0.2, -0.15) is 0 Å². The Bertz CT molecular complexity index is 283. The normalized spacial score (nSPS) is 15.1. The Kier molecular flexibility index (Phi) is 7.14. The summed E-state index contributed by atoms with van der Waals surface area (Å²) in [6.07, 6.45) is 2.55. The van der Waals surface area contributed by atoms with Gasteiger partial charge in [0.05, 0.1) is 5.75 Å². The molecule has 0 amide bonds. The van der Waals surface area contributed by atoms with E-state index in [1.54, 1.807) is 0 Å². The first kappa shape index (κ1) is 16.4. The number of rotatable bonds is 7. The van der Waals surface area contributed by atoms with Gasteiger partial charge in [-0.3, -0.25) is 0 Å². The number of hydrogen-bond acceptors (Lipinski definition) is 2. The van der Waals surface area contributed by atoms with E-state index in [1.807, 2.05) is 6.92 Å². The molecule has 1 atom stereocenters. The predicted molar refractivity (Wildman–Crippen MR) is 73.5 cm³/mol. The van der Waals surface area contributed by atoms with Crippen LogP contribution in [0.15, 0.2) is 0 Å². The molecular weight excluding hydrogens is 290 g/mol. The van der Waals surface area contributed by atoms with E-state index in [-0.39, 0.29) is 17.2 Å². The highest BCUT2D eigenvalue weighted by molar-refractivity contribution is 9.09. The van der Waals surface area contributed by atoms with Crippen molar-refractivity contribution >= 4 is 26.0 Å². The molecule has 0 aromatic heterocycles. The van der Waals surface area contributed by atoms with Crippen molar-refractivity contribution in [1.82, 2.24) is 4.72 Å². The van der Waals surface area contributed by atoms with Gasteiger partial charge in [0.15, 0.2) is 0 Å². The second-order valence-corrected chi connectivity index (χ2v) is 8.15. The van der Waals surface area contributed by atoms with Crippen molar-refractivity contribution in [3.63, 3.8) is 0 Å². The van der Waals surface area contributed by atoms with Gasteiger partial charge in [0.25, 0.3) is 0 Å². The smallest absolute Gasteiger partial charge is 0.211 e. The third-order valence-electron chi connectivity index (χ3n) is 2.27. The van der Waals surface area contributed by atoms with Gasteiger partial charge in [-0.1, -0.05) is 36.7 Å². The Balaban J connectivity index is 4.05. The topological polar surface area (TPSA) is 46.2 Å². The van der Waals surface area contributed by atoms with E-state index >= 15 is 0 Å². The first-order valence-corrected chi connectivity index (χ1v) is 8.49. The van der Waals surface area contributed by atoms with Crippen molar-refractivity contribution in [2.75, 3.05) is 11.1 Å². The van der Waals surface area contributed by atoms with Gasteiger partial charge in [0, 0.05) is 11.4 Å². The summed E-state index contributed by atoms with van der Waals surface area (Å²) >= 11 is 3.34. The Morgan fingerprint density at radius 1 is 1.31 bits per heavy atom. The van der Waals surface area contributed by atoms with Crippen LogP contribution in [0.25, 0.3) is 0 Å². The van der Waals surface area contributed by atoms with E-state index in [1.165, 1.54) is 0 Å². The van der Waals surface area contributed by atoms with Crippen LogP contribution >= 0.6 is 15.9 Å². The number of nitrogens with one attached hydrogen (secondary N) is 1. The van der Waals surface area contributed by atoms with E-state index in [4.69, 9.17) is 0 Å². The number of hydrogen-bond donors (Lipinski definition) is 1. The fourth-order valence-corrected chi connectivity index (χ4v) is 3.30. The maximum atomic E-state index is 11.7. The molecule has 1 unspecified atom stereocenters. The van der Waals surface area contributed by atoms with Gasteiger partial charge in [-0.25, -0.2) is 13.1 Å². The van der Waals surface area contributed by atoms with Crippen LogP contribution in [-0.4, -0.2) is 25.5 Å². The largest absolute Gasteiger partial charge is 0.212 e. The molecule has 0 spiro atoms. The quantitative estimate of drug-likeness (QED) is 0.735. The molecule has 0 rings (SSSR count). The Labute approximate surface area is 109 Å². The van der Waals surface area contributed by atoms with Crippen LogP contribution in [0, 0.1) is 5.41 Å². The molecule has 0 aromatic carbocycles. The Hall–Kier alpha value is 0.390. The average molecular weight is 314 g/mol. The minimum absolute atomic E-state index is 0.0301. The van der Waals surface area contributed by atoms with E-state index in [9.17, 15) is 8.42 Å². The molecule has 16 heavy (non-hydrogen) atoms. The minimum atomic E-state index is -3.11. The molecule has 0 aromatic rings. The second kappa shape index (κ2) is 6.97. The number of halogens is 1. The highest BCUT2D eigenvalue weighted by atomic mass is 79.9. The van der Waals surface area contributed by atoms with Crippen molar-refractivity contribution in [2.45, 2.75) is 53.0 Å². The summed E-state index contributed by atoms with van der Waals surface area (Å²) in [4.78, 5) is 0. The molecule has 0 radical (unpaired) electrons. The second-order valence-electron chi connectivity index (χ2n) is 5.48. The monoisotopic (exact) mass is 313 g/mol. The van der Waals surface area contributed by atoms with Crippen molar-refractivity contribution in [3.05, 3.63) is 0 Å². The van der Waals surface area contributed by atoms with Crippen LogP contribution in [0.4, 0.5) is 0 Å². The molecular formula is C11H24BrNO2S. The van der Waals surface area contributed by atoms with Crippen LogP contribution in [0.5, 0.6) is 0 Å². The molecule has 0 fully saturated rings. The van der Waals surface area contributed by atoms with Crippen LogP contribution in [0.2, 0.25) is 0 Å². The lowest BCUT2D eigenvalue weighted by atomic mass is 9.94. The summed E-state index contributed by atoms with van der Waals surface area (Å²) in [6, 6.07) is 0.0301. The molecule has 98 valence electrons. The third kappa shape index (κ3) is 9.60. The highest BCUT2D eigenvalue weighted by Crippen LogP contribution is 2.19. The van der Waals surface area contributed by atoms with Gasteiger partial charge >= 0.3 is 0 Å². The zero-order valence-electron chi connectivity index (χ0n) is 10.7. The van der Waals surface area contributed by atoms with Crippen LogP contribution in [-0.2, 0) is 10.0 Å². The third-order valence-corrected chi connectivity index (χ3v) is 4.34. The molecule has 3 nitrogen and oxygen atoms in total. The van der Waals surface area contributed by atoms with Gasteiger partial charge < -0.3 is 0 Å². The molecule has 0 aliphatic rings. The zero-order chi connectivity index (χ0) is 12.8. The molecule has 0 saturated heterocycles. The molecule has 0 bridgehead atoms. The maximum Gasteiger partial charge on any atom is 0.211 e. The van der Waals surface area contributed by atoms with Crippen molar-refractivity contribution < 1.29 is 8.42 Å². The van der Waals surface area contributed by atoms with Gasteiger partial charge in [0.1, 0.15) is 0 Å². The molecule has 0 aliphatic carbocycles. The van der Waals surface area contributed by atoms with Crippen LogP contribution < -0.4 is 4.72 Å². The zero-order valence-corrected chi connectivity index (χ0v) is 13.1. The minimum Gasteiger partial charge on any atom is -0.212 e. The van der Waals surface area contributed by atoms with E-state index in [2.05, 4.69) is 41.4 Å². The first-order valence-electron chi connectivity index (χ1n) is 5.72. The Morgan fingerprint density at radius 2 is 1.88 bits per heavy atom. The maximum absolute atomic E-state index is 11.7. The molecule has 0 aliphatic heterocycles. The molecule has 5 heteroatoms.